The fourth-order valence-electron chi connectivity index (χ4n) is 5.79. The minimum absolute atomic E-state index is 0.166. The summed E-state index contributed by atoms with van der Waals surface area (Å²) < 4.78 is 0. The van der Waals surface area contributed by atoms with E-state index in [-0.39, 0.29) is 18.2 Å². The van der Waals surface area contributed by atoms with Gasteiger partial charge in [-0.15, -0.1) is 0 Å². The Labute approximate surface area is 197 Å². The first-order valence-electron chi connectivity index (χ1n) is 11.8. The van der Waals surface area contributed by atoms with Crippen molar-refractivity contribution >= 4 is 28.4 Å². The van der Waals surface area contributed by atoms with Crippen LogP contribution < -0.4 is 10.6 Å². The van der Waals surface area contributed by atoms with Gasteiger partial charge in [0.2, 0.25) is 11.8 Å². The molecule has 2 aromatic carbocycles. The number of allylic oxidation sites excluding steroid dienone is 2. The van der Waals surface area contributed by atoms with Gasteiger partial charge >= 0.3 is 0 Å². The molecule has 0 saturated carbocycles. The molecule has 0 bridgehead atoms. The van der Waals surface area contributed by atoms with Gasteiger partial charge in [-0.1, -0.05) is 48.0 Å². The lowest BCUT2D eigenvalue weighted by Crippen LogP contribution is -2.64. The third-order valence-electron chi connectivity index (χ3n) is 7.47. The summed E-state index contributed by atoms with van der Waals surface area (Å²) in [5, 5.41) is 18.8. The second-order valence-corrected chi connectivity index (χ2v) is 9.89. The zero-order valence-electron chi connectivity index (χ0n) is 19.3. The highest BCUT2D eigenvalue weighted by Gasteiger charge is 2.62. The largest absolute Gasteiger partial charge is 0.381 e. The molecule has 4 N–H and O–H groups in total. The van der Waals surface area contributed by atoms with Gasteiger partial charge in [-0.05, 0) is 37.5 Å². The van der Waals surface area contributed by atoms with E-state index in [1.807, 2.05) is 36.5 Å². The number of nitrogens with one attached hydrogen (secondary N) is 3. The van der Waals surface area contributed by atoms with Crippen molar-refractivity contribution in [1.82, 2.24) is 15.2 Å². The molecule has 3 aliphatic rings. The van der Waals surface area contributed by atoms with Crippen molar-refractivity contribution in [3.05, 3.63) is 77.0 Å². The predicted molar refractivity (Wildman–Crippen MR) is 130 cm³/mol. The Kier molecular flexibility index (Phi) is 4.61. The summed E-state index contributed by atoms with van der Waals surface area (Å²) in [6.45, 7) is 4.17. The molecule has 0 aliphatic carbocycles. The first-order chi connectivity index (χ1) is 16.4. The lowest BCUT2D eigenvalue weighted by Gasteiger charge is -2.37. The molecule has 4 atom stereocenters. The Hall–Kier alpha value is -3.58. The Morgan fingerprint density at radius 1 is 1.12 bits per heavy atom. The van der Waals surface area contributed by atoms with E-state index >= 15 is 0 Å². The molecule has 2 fully saturated rings. The van der Waals surface area contributed by atoms with Gasteiger partial charge in [0.05, 0.1) is 0 Å². The molecule has 0 unspecified atom stereocenters. The zero-order chi connectivity index (χ0) is 23.6. The Bertz CT molecular complexity index is 1350. The Morgan fingerprint density at radius 3 is 2.76 bits per heavy atom. The summed E-state index contributed by atoms with van der Waals surface area (Å²) >= 11 is 0. The number of nitrogens with zero attached hydrogens (tertiary/aromatic N) is 1. The number of aromatic nitrogens is 1. The van der Waals surface area contributed by atoms with Crippen LogP contribution in [-0.4, -0.2) is 45.1 Å². The fourth-order valence-corrected chi connectivity index (χ4v) is 5.79. The summed E-state index contributed by atoms with van der Waals surface area (Å²) in [6.07, 6.45) is 4.90. The minimum atomic E-state index is -1.27. The van der Waals surface area contributed by atoms with Crippen molar-refractivity contribution in [3.8, 4) is 0 Å². The average molecular weight is 457 g/mol. The third kappa shape index (κ3) is 3.00. The Balaban J connectivity index is 1.29. The van der Waals surface area contributed by atoms with Crippen LogP contribution in [0.15, 0.2) is 60.3 Å². The van der Waals surface area contributed by atoms with Crippen LogP contribution in [0.4, 0.5) is 5.69 Å². The van der Waals surface area contributed by atoms with Gasteiger partial charge in [0.15, 0.2) is 0 Å². The second kappa shape index (κ2) is 7.46. The van der Waals surface area contributed by atoms with Crippen LogP contribution in [0.5, 0.6) is 0 Å². The van der Waals surface area contributed by atoms with E-state index in [0.717, 1.165) is 34.1 Å². The molecule has 2 amide bonds. The van der Waals surface area contributed by atoms with Gasteiger partial charge in [0.25, 0.3) is 0 Å². The van der Waals surface area contributed by atoms with Gasteiger partial charge in [-0.25, -0.2) is 0 Å². The summed E-state index contributed by atoms with van der Waals surface area (Å²) in [7, 11) is 0. The smallest absolute Gasteiger partial charge is 0.247 e. The van der Waals surface area contributed by atoms with E-state index in [1.165, 1.54) is 11.1 Å². The highest BCUT2D eigenvalue weighted by molar-refractivity contribution is 5.99. The molecule has 3 aromatic rings. The molecular weight excluding hydrogens is 428 g/mol. The quantitative estimate of drug-likeness (QED) is 0.454. The molecule has 0 spiro atoms. The van der Waals surface area contributed by atoms with Crippen LogP contribution in [0.3, 0.4) is 0 Å². The number of anilines is 1. The maximum atomic E-state index is 13.6. The first kappa shape index (κ1) is 21.0. The van der Waals surface area contributed by atoms with Gasteiger partial charge in [-0.2, -0.15) is 0 Å². The number of fused-ring (bicyclic) bond motifs is 6. The van der Waals surface area contributed by atoms with E-state index in [4.69, 9.17) is 0 Å². The number of carbonyl (C=O) groups is 2. The number of rotatable bonds is 4. The molecule has 6 rings (SSSR count). The molecule has 2 saturated heterocycles. The fraction of sp³-hybridized carbons (Fsp3) is 0.333. The predicted octanol–water partition coefficient (Wildman–Crippen LogP) is 2.96. The van der Waals surface area contributed by atoms with E-state index in [9.17, 15) is 14.7 Å². The molecule has 0 radical (unpaired) electrons. The zero-order valence-corrected chi connectivity index (χ0v) is 19.3. The molecule has 3 aliphatic heterocycles. The number of aromatic amines is 1. The van der Waals surface area contributed by atoms with Crippen molar-refractivity contribution in [2.75, 3.05) is 5.32 Å². The highest BCUT2D eigenvalue weighted by Crippen LogP contribution is 2.50. The number of benzene rings is 2. The molecular formula is C27H28N4O3. The van der Waals surface area contributed by atoms with E-state index < -0.39 is 23.9 Å². The lowest BCUT2D eigenvalue weighted by molar-refractivity contribution is -0.149. The topological polar surface area (TPSA) is 97.5 Å². The van der Waals surface area contributed by atoms with Crippen LogP contribution in [0.2, 0.25) is 0 Å². The van der Waals surface area contributed by atoms with Crippen molar-refractivity contribution < 1.29 is 14.7 Å². The minimum Gasteiger partial charge on any atom is -0.381 e. The van der Waals surface area contributed by atoms with Crippen molar-refractivity contribution in [1.29, 1.82) is 0 Å². The number of para-hydroxylation sites is 2. The van der Waals surface area contributed by atoms with Crippen molar-refractivity contribution in [3.63, 3.8) is 0 Å². The number of aliphatic hydroxyl groups is 1. The highest BCUT2D eigenvalue weighted by atomic mass is 16.3. The summed E-state index contributed by atoms with van der Waals surface area (Å²) in [5.74, 6) is -0.378. The SMILES string of the molecule is CC(C)=CCc1cccc2c(C[C@@H]3NC(=O)[C@@H]4C[C@]5(O)c6ccccc6N[C@@H]5N4C3=O)c[nH]c12. The van der Waals surface area contributed by atoms with Crippen LogP contribution in [0, 0.1) is 0 Å². The number of hydrogen-bond acceptors (Lipinski definition) is 4. The van der Waals surface area contributed by atoms with Crippen molar-refractivity contribution in [2.24, 2.45) is 0 Å². The van der Waals surface area contributed by atoms with E-state index in [1.54, 1.807) is 4.90 Å². The van der Waals surface area contributed by atoms with Crippen LogP contribution >= 0.6 is 0 Å². The second-order valence-electron chi connectivity index (χ2n) is 9.89. The summed E-state index contributed by atoms with van der Waals surface area (Å²) in [4.78, 5) is 31.6. The van der Waals surface area contributed by atoms with E-state index in [2.05, 4.69) is 47.7 Å². The van der Waals surface area contributed by atoms with Crippen LogP contribution in [0.1, 0.15) is 37.0 Å². The standard InChI is InChI=1S/C27H28N4O3/c1-15(2)10-11-16-6-5-7-18-17(14-28-23(16)18)12-21-25(33)31-22(24(32)29-21)13-27(34)19-8-3-4-9-20(19)30-26(27)31/h3-10,14,21-22,26,28,30,34H,11-13H2,1-2H3,(H,29,32)/t21-,22-,26+,27-/m0/s1. The van der Waals surface area contributed by atoms with Crippen molar-refractivity contribution in [2.45, 2.75) is 57.0 Å². The van der Waals surface area contributed by atoms with Crippen LogP contribution in [0.25, 0.3) is 10.9 Å². The Morgan fingerprint density at radius 2 is 1.94 bits per heavy atom. The van der Waals surface area contributed by atoms with Gasteiger partial charge < -0.3 is 25.6 Å². The molecule has 7 nitrogen and oxygen atoms in total. The number of hydrogen-bond donors (Lipinski definition) is 4. The lowest BCUT2D eigenvalue weighted by atomic mass is 9.91. The number of carbonyl (C=O) groups excluding carboxylic acids is 2. The van der Waals surface area contributed by atoms with Gasteiger partial charge in [0.1, 0.15) is 23.9 Å². The number of H-pyrrole nitrogens is 1. The number of piperazine rings is 1. The van der Waals surface area contributed by atoms with Gasteiger partial charge in [0, 0.05) is 41.2 Å². The third-order valence-corrected chi connectivity index (χ3v) is 7.47. The average Bonchev–Trinajstić information content (AvgIpc) is 3.44. The maximum absolute atomic E-state index is 13.6. The number of amides is 2. The normalized spacial score (nSPS) is 27.1. The molecule has 4 heterocycles. The molecule has 34 heavy (non-hydrogen) atoms. The maximum Gasteiger partial charge on any atom is 0.247 e. The molecule has 174 valence electrons. The van der Waals surface area contributed by atoms with E-state index in [0.29, 0.717) is 6.42 Å². The summed E-state index contributed by atoms with van der Waals surface area (Å²) in [6, 6.07) is 12.3. The van der Waals surface area contributed by atoms with Crippen LogP contribution in [-0.2, 0) is 28.0 Å². The van der Waals surface area contributed by atoms with Gasteiger partial charge in [-0.3, -0.25) is 9.59 Å². The monoisotopic (exact) mass is 456 g/mol. The molecule has 7 heteroatoms. The molecule has 1 aromatic heterocycles. The first-order valence-corrected chi connectivity index (χ1v) is 11.8. The summed E-state index contributed by atoms with van der Waals surface area (Å²) in [5.41, 5.74) is 4.79.